The summed E-state index contributed by atoms with van der Waals surface area (Å²) < 4.78 is 10.9. The van der Waals surface area contributed by atoms with Gasteiger partial charge in [-0.1, -0.05) is 18.3 Å². The smallest absolute Gasteiger partial charge is 0.294 e. The normalized spacial score (nSPS) is 11.8. The van der Waals surface area contributed by atoms with Gasteiger partial charge in [0.05, 0.1) is 12.2 Å². The first kappa shape index (κ1) is 15.3. The molecule has 0 amide bonds. The van der Waals surface area contributed by atoms with Gasteiger partial charge < -0.3 is 14.8 Å². The van der Waals surface area contributed by atoms with Crippen molar-refractivity contribution in [2.45, 2.75) is 45.8 Å². The predicted octanol–water partition coefficient (Wildman–Crippen LogP) is 2.23. The molecule has 0 saturated carbocycles. The number of methoxy groups -OCH3 is 1. The van der Waals surface area contributed by atoms with Gasteiger partial charge in [0.25, 0.3) is 5.19 Å². The highest BCUT2D eigenvalue weighted by molar-refractivity contribution is 7.13. The van der Waals surface area contributed by atoms with Crippen molar-refractivity contribution in [3.05, 3.63) is 5.01 Å². The fraction of sp³-hybridized carbons (Fsp3) is 0.833. The molecule has 1 N–H and O–H groups in total. The molecule has 0 spiro atoms. The Morgan fingerprint density at radius 1 is 1.33 bits per heavy atom. The van der Waals surface area contributed by atoms with E-state index in [0.717, 1.165) is 30.9 Å². The fourth-order valence-electron chi connectivity index (χ4n) is 1.23. The third-order valence-corrected chi connectivity index (χ3v) is 3.47. The molecule has 0 aromatic carbocycles. The van der Waals surface area contributed by atoms with Crippen LogP contribution in [0.25, 0.3) is 0 Å². The quantitative estimate of drug-likeness (QED) is 0.699. The maximum absolute atomic E-state index is 5.57. The summed E-state index contributed by atoms with van der Waals surface area (Å²) in [6.45, 7) is 8.57. The number of hydrogen-bond acceptors (Lipinski definition) is 6. The average Bonchev–Trinajstić information content (AvgIpc) is 2.77. The number of rotatable bonds is 9. The maximum atomic E-state index is 5.57. The van der Waals surface area contributed by atoms with Crippen LogP contribution in [-0.4, -0.2) is 36.1 Å². The van der Waals surface area contributed by atoms with E-state index in [4.69, 9.17) is 9.47 Å². The van der Waals surface area contributed by atoms with Crippen LogP contribution in [0, 0.1) is 0 Å². The second kappa shape index (κ2) is 7.66. The minimum Gasteiger partial charge on any atom is -0.469 e. The Bertz CT molecular complexity index is 342. The van der Waals surface area contributed by atoms with Gasteiger partial charge in [-0.25, -0.2) is 0 Å². The Kier molecular flexibility index (Phi) is 6.52. The Balaban J connectivity index is 2.27. The Morgan fingerprint density at radius 2 is 2.11 bits per heavy atom. The highest BCUT2D eigenvalue weighted by Crippen LogP contribution is 2.19. The van der Waals surface area contributed by atoms with E-state index in [1.165, 1.54) is 11.3 Å². The first-order valence-corrected chi connectivity index (χ1v) is 7.10. The molecule has 104 valence electrons. The second-order valence-electron chi connectivity index (χ2n) is 4.70. The zero-order valence-electron chi connectivity index (χ0n) is 11.7. The number of ether oxygens (including phenoxy) is 2. The predicted molar refractivity (Wildman–Crippen MR) is 73.1 cm³/mol. The van der Waals surface area contributed by atoms with Crippen LogP contribution < -0.4 is 10.1 Å². The summed E-state index contributed by atoms with van der Waals surface area (Å²) in [7, 11) is 1.71. The van der Waals surface area contributed by atoms with Gasteiger partial charge in [-0.3, -0.25) is 0 Å². The van der Waals surface area contributed by atoms with Crippen LogP contribution in [0.2, 0.25) is 0 Å². The molecule has 0 aliphatic rings. The molecule has 0 bridgehead atoms. The van der Waals surface area contributed by atoms with Crippen LogP contribution in [0.15, 0.2) is 0 Å². The molecule has 5 nitrogen and oxygen atoms in total. The maximum Gasteiger partial charge on any atom is 0.294 e. The van der Waals surface area contributed by atoms with Crippen LogP contribution in [0.5, 0.6) is 5.19 Å². The largest absolute Gasteiger partial charge is 0.469 e. The third-order valence-electron chi connectivity index (χ3n) is 2.63. The number of hydrogen-bond donors (Lipinski definition) is 1. The first-order valence-electron chi connectivity index (χ1n) is 6.28. The van der Waals surface area contributed by atoms with Gasteiger partial charge in [-0.2, -0.15) is 0 Å². The monoisotopic (exact) mass is 273 g/mol. The third kappa shape index (κ3) is 5.75. The van der Waals surface area contributed by atoms with E-state index < -0.39 is 0 Å². The number of nitrogens with one attached hydrogen (secondary N) is 1. The Hall–Kier alpha value is -0.720. The number of aromatic nitrogens is 2. The molecule has 0 aliphatic carbocycles. The van der Waals surface area contributed by atoms with Crippen molar-refractivity contribution >= 4 is 11.3 Å². The summed E-state index contributed by atoms with van der Waals surface area (Å²) >= 11 is 1.49. The van der Waals surface area contributed by atoms with Gasteiger partial charge in [-0.05, 0) is 26.8 Å². The van der Waals surface area contributed by atoms with Crippen LogP contribution in [0.1, 0.15) is 38.6 Å². The van der Waals surface area contributed by atoms with Gasteiger partial charge in [0.2, 0.25) is 0 Å². The van der Waals surface area contributed by atoms with Gasteiger partial charge in [-0.15, -0.1) is 10.2 Å². The van der Waals surface area contributed by atoms with E-state index in [2.05, 4.69) is 22.4 Å². The van der Waals surface area contributed by atoms with E-state index in [1.807, 2.05) is 13.8 Å². The lowest BCUT2D eigenvalue weighted by molar-refractivity contribution is 0.00538. The summed E-state index contributed by atoms with van der Waals surface area (Å²) in [5.41, 5.74) is -0.157. The van der Waals surface area contributed by atoms with Crippen molar-refractivity contribution < 1.29 is 9.47 Å². The zero-order chi connectivity index (χ0) is 13.4. The topological polar surface area (TPSA) is 56.3 Å². The summed E-state index contributed by atoms with van der Waals surface area (Å²) in [5, 5.41) is 13.0. The molecular formula is C12H23N3O2S. The molecular weight excluding hydrogens is 250 g/mol. The molecule has 1 aromatic rings. The van der Waals surface area contributed by atoms with E-state index >= 15 is 0 Å². The number of nitrogens with zero attached hydrogens (tertiary/aromatic N) is 2. The van der Waals surface area contributed by atoms with E-state index in [1.54, 1.807) is 7.11 Å². The SMILES string of the molecule is CCCNCc1nnc(OCCC(C)(C)OC)s1. The highest BCUT2D eigenvalue weighted by atomic mass is 32.1. The summed E-state index contributed by atoms with van der Waals surface area (Å²) in [6.07, 6.45) is 1.95. The van der Waals surface area contributed by atoms with Crippen molar-refractivity contribution in [1.29, 1.82) is 0 Å². The fourth-order valence-corrected chi connectivity index (χ4v) is 1.91. The minimum atomic E-state index is -0.157. The van der Waals surface area contributed by atoms with Crippen LogP contribution in [-0.2, 0) is 11.3 Å². The molecule has 1 aromatic heterocycles. The van der Waals surface area contributed by atoms with Crippen molar-refractivity contribution in [3.63, 3.8) is 0 Å². The van der Waals surface area contributed by atoms with Gasteiger partial charge in [0.1, 0.15) is 5.01 Å². The molecule has 1 heterocycles. The molecule has 0 fully saturated rings. The Morgan fingerprint density at radius 3 is 2.78 bits per heavy atom. The molecule has 1 rings (SSSR count). The standard InChI is InChI=1S/C12H23N3O2S/c1-5-7-13-9-10-14-15-11(18-10)17-8-6-12(2,3)16-4/h13H,5-9H2,1-4H3. The van der Waals surface area contributed by atoms with E-state index in [9.17, 15) is 0 Å². The minimum absolute atomic E-state index is 0.157. The molecule has 6 heteroatoms. The second-order valence-corrected chi connectivity index (χ2v) is 5.73. The van der Waals surface area contributed by atoms with E-state index in [0.29, 0.717) is 11.8 Å². The lowest BCUT2D eigenvalue weighted by Gasteiger charge is -2.21. The average molecular weight is 273 g/mol. The van der Waals surface area contributed by atoms with Crippen molar-refractivity contribution in [2.24, 2.45) is 0 Å². The van der Waals surface area contributed by atoms with Crippen LogP contribution in [0.3, 0.4) is 0 Å². The van der Waals surface area contributed by atoms with Crippen molar-refractivity contribution in [3.8, 4) is 5.19 Å². The van der Waals surface area contributed by atoms with Gasteiger partial charge >= 0.3 is 0 Å². The molecule has 0 atom stereocenters. The highest BCUT2D eigenvalue weighted by Gasteiger charge is 2.16. The molecule has 18 heavy (non-hydrogen) atoms. The van der Waals surface area contributed by atoms with Crippen LogP contribution >= 0.6 is 11.3 Å². The molecule has 0 unspecified atom stereocenters. The molecule has 0 aliphatic heterocycles. The lowest BCUT2D eigenvalue weighted by Crippen LogP contribution is -2.25. The van der Waals surface area contributed by atoms with Crippen molar-refractivity contribution in [1.82, 2.24) is 15.5 Å². The molecule has 0 radical (unpaired) electrons. The van der Waals surface area contributed by atoms with Gasteiger partial charge in [0, 0.05) is 20.1 Å². The Labute approximate surface area is 113 Å². The molecule has 0 saturated heterocycles. The zero-order valence-corrected chi connectivity index (χ0v) is 12.5. The van der Waals surface area contributed by atoms with Gasteiger partial charge in [0.15, 0.2) is 0 Å². The first-order chi connectivity index (χ1) is 8.57. The van der Waals surface area contributed by atoms with E-state index in [-0.39, 0.29) is 5.60 Å². The summed E-state index contributed by atoms with van der Waals surface area (Å²) in [5.74, 6) is 0. The van der Waals surface area contributed by atoms with Crippen LogP contribution in [0.4, 0.5) is 0 Å². The lowest BCUT2D eigenvalue weighted by atomic mass is 10.1. The van der Waals surface area contributed by atoms with Crippen molar-refractivity contribution in [2.75, 3.05) is 20.3 Å². The summed E-state index contributed by atoms with van der Waals surface area (Å²) in [6, 6.07) is 0. The summed E-state index contributed by atoms with van der Waals surface area (Å²) in [4.78, 5) is 0.